The molecule has 0 radical (unpaired) electrons. The molecule has 0 spiro atoms. The summed E-state index contributed by atoms with van der Waals surface area (Å²) in [5, 5.41) is 9.50. The third-order valence-electron chi connectivity index (χ3n) is 3.60. The number of aliphatic carboxylic acids is 1. The van der Waals surface area contributed by atoms with Crippen molar-refractivity contribution in [3.63, 3.8) is 0 Å². The maximum absolute atomic E-state index is 11.6. The number of carboxylic acids is 1. The van der Waals surface area contributed by atoms with Crippen molar-refractivity contribution in [3.8, 4) is 0 Å². The minimum Gasteiger partial charge on any atom is -0.479 e. The van der Waals surface area contributed by atoms with Crippen LogP contribution < -0.4 is 0 Å². The lowest BCUT2D eigenvalue weighted by Crippen LogP contribution is -2.49. The number of hydrogen-bond donors (Lipinski definition) is 1. The lowest BCUT2D eigenvalue weighted by atomic mass is 9.88. The van der Waals surface area contributed by atoms with Gasteiger partial charge >= 0.3 is 5.97 Å². The second-order valence-electron chi connectivity index (χ2n) is 5.05. The van der Waals surface area contributed by atoms with E-state index in [1.807, 2.05) is 12.1 Å². The van der Waals surface area contributed by atoms with Gasteiger partial charge in [0.15, 0.2) is 5.54 Å². The number of carbonyl (C=O) groups is 2. The van der Waals surface area contributed by atoms with Gasteiger partial charge in [-0.2, -0.15) is 0 Å². The van der Waals surface area contributed by atoms with Gasteiger partial charge in [0.2, 0.25) is 6.41 Å². The van der Waals surface area contributed by atoms with Crippen molar-refractivity contribution in [3.05, 3.63) is 35.4 Å². The van der Waals surface area contributed by atoms with E-state index in [2.05, 4.69) is 13.8 Å². The third kappa shape index (κ3) is 2.78. The van der Waals surface area contributed by atoms with Crippen LogP contribution in [0.2, 0.25) is 0 Å². The molecule has 1 atom stereocenters. The van der Waals surface area contributed by atoms with Crippen LogP contribution in [0.1, 0.15) is 44.7 Å². The number of nitrogens with zero attached hydrogens (tertiary/aromatic N) is 1. The molecular formula is C15H21NO3. The largest absolute Gasteiger partial charge is 0.479 e. The Bertz CT molecular complexity index is 453. The lowest BCUT2D eigenvalue weighted by molar-refractivity contribution is -0.154. The molecule has 1 rings (SSSR count). The van der Waals surface area contributed by atoms with Crippen LogP contribution in [0.25, 0.3) is 0 Å². The van der Waals surface area contributed by atoms with Crippen LogP contribution in [-0.2, 0) is 15.1 Å². The average Bonchev–Trinajstić information content (AvgIpc) is 2.39. The van der Waals surface area contributed by atoms with E-state index in [9.17, 15) is 14.7 Å². The van der Waals surface area contributed by atoms with Crippen molar-refractivity contribution in [1.29, 1.82) is 0 Å². The average molecular weight is 263 g/mol. The predicted molar refractivity (Wildman–Crippen MR) is 74.0 cm³/mol. The molecular weight excluding hydrogens is 242 g/mol. The highest BCUT2D eigenvalue weighted by atomic mass is 16.4. The van der Waals surface area contributed by atoms with Crippen molar-refractivity contribution in [2.45, 2.75) is 39.2 Å². The van der Waals surface area contributed by atoms with Crippen LogP contribution in [0.4, 0.5) is 0 Å². The van der Waals surface area contributed by atoms with E-state index in [0.717, 1.165) is 5.56 Å². The van der Waals surface area contributed by atoms with Gasteiger partial charge in [0.25, 0.3) is 0 Å². The van der Waals surface area contributed by atoms with Crippen molar-refractivity contribution in [1.82, 2.24) is 4.90 Å². The smallest absolute Gasteiger partial charge is 0.334 e. The predicted octanol–water partition coefficient (Wildman–Crippen LogP) is 2.59. The second kappa shape index (κ2) is 5.87. The summed E-state index contributed by atoms with van der Waals surface area (Å²) in [7, 11) is 0. The van der Waals surface area contributed by atoms with Gasteiger partial charge in [0.1, 0.15) is 0 Å². The summed E-state index contributed by atoms with van der Waals surface area (Å²) in [6.45, 7) is 7.82. The monoisotopic (exact) mass is 263 g/mol. The zero-order valence-electron chi connectivity index (χ0n) is 11.9. The van der Waals surface area contributed by atoms with Crippen LogP contribution in [-0.4, -0.2) is 28.9 Å². The zero-order chi connectivity index (χ0) is 14.6. The van der Waals surface area contributed by atoms with Crippen molar-refractivity contribution < 1.29 is 14.7 Å². The van der Waals surface area contributed by atoms with E-state index in [1.54, 1.807) is 26.0 Å². The number of carbonyl (C=O) groups excluding carboxylic acids is 1. The van der Waals surface area contributed by atoms with Gasteiger partial charge in [-0.15, -0.1) is 0 Å². The van der Waals surface area contributed by atoms with Gasteiger partial charge in [0, 0.05) is 6.54 Å². The fraction of sp³-hybridized carbons (Fsp3) is 0.467. The van der Waals surface area contributed by atoms with Crippen LogP contribution in [0, 0.1) is 0 Å². The lowest BCUT2D eigenvalue weighted by Gasteiger charge is -2.35. The Balaban J connectivity index is 3.26. The quantitative estimate of drug-likeness (QED) is 0.802. The summed E-state index contributed by atoms with van der Waals surface area (Å²) in [4.78, 5) is 24.0. The van der Waals surface area contributed by atoms with E-state index >= 15 is 0 Å². The molecule has 4 nitrogen and oxygen atoms in total. The first-order valence-corrected chi connectivity index (χ1v) is 6.43. The van der Waals surface area contributed by atoms with E-state index in [-0.39, 0.29) is 0 Å². The fourth-order valence-electron chi connectivity index (χ4n) is 2.10. The Morgan fingerprint density at radius 3 is 2.21 bits per heavy atom. The van der Waals surface area contributed by atoms with Gasteiger partial charge in [0.05, 0.1) is 0 Å². The molecule has 1 amide bonds. The molecule has 1 N–H and O–H groups in total. The molecule has 0 heterocycles. The summed E-state index contributed by atoms with van der Waals surface area (Å²) in [5.74, 6) is -0.641. The second-order valence-corrected chi connectivity index (χ2v) is 5.05. The highest BCUT2D eigenvalue weighted by molar-refractivity contribution is 5.82. The Morgan fingerprint density at radius 1 is 1.37 bits per heavy atom. The molecule has 1 unspecified atom stereocenters. The number of carboxylic acid groups (broad SMARTS) is 1. The Morgan fingerprint density at radius 2 is 1.89 bits per heavy atom. The van der Waals surface area contributed by atoms with Crippen molar-refractivity contribution >= 4 is 12.4 Å². The normalized spacial score (nSPS) is 13.9. The van der Waals surface area contributed by atoms with Crippen LogP contribution >= 0.6 is 0 Å². The molecule has 19 heavy (non-hydrogen) atoms. The van der Waals surface area contributed by atoms with Gasteiger partial charge in [-0.1, -0.05) is 38.1 Å². The summed E-state index contributed by atoms with van der Waals surface area (Å²) >= 11 is 0. The van der Waals surface area contributed by atoms with E-state index in [1.165, 1.54) is 4.90 Å². The molecule has 4 heteroatoms. The molecule has 1 aromatic carbocycles. The Labute approximate surface area is 114 Å². The first kappa shape index (κ1) is 15.2. The molecule has 0 saturated heterocycles. The zero-order valence-corrected chi connectivity index (χ0v) is 11.9. The minimum absolute atomic E-state index is 0.345. The number of rotatable bonds is 6. The first-order valence-electron chi connectivity index (χ1n) is 6.43. The molecule has 0 aliphatic rings. The maximum Gasteiger partial charge on any atom is 0.334 e. The van der Waals surface area contributed by atoms with Gasteiger partial charge < -0.3 is 10.0 Å². The molecule has 0 fully saturated rings. The molecule has 0 aliphatic carbocycles. The minimum atomic E-state index is -1.33. The van der Waals surface area contributed by atoms with E-state index < -0.39 is 11.5 Å². The van der Waals surface area contributed by atoms with Crippen molar-refractivity contribution in [2.24, 2.45) is 0 Å². The van der Waals surface area contributed by atoms with Gasteiger partial charge in [-0.05, 0) is 30.9 Å². The number of hydrogen-bond acceptors (Lipinski definition) is 2. The summed E-state index contributed by atoms with van der Waals surface area (Å²) < 4.78 is 0. The standard InChI is InChI=1S/C15H21NO3/c1-5-16(10-17)15(4,14(18)19)13-8-6-12(7-9-13)11(2)3/h6-11H,5H2,1-4H3,(H,18,19). The maximum atomic E-state index is 11.6. The third-order valence-corrected chi connectivity index (χ3v) is 3.60. The molecule has 0 saturated carbocycles. The topological polar surface area (TPSA) is 57.6 Å². The first-order chi connectivity index (χ1) is 8.87. The number of benzene rings is 1. The van der Waals surface area contributed by atoms with Crippen LogP contribution in [0.5, 0.6) is 0 Å². The SMILES string of the molecule is CCN(C=O)C(C)(C(=O)O)c1ccc(C(C)C)cc1. The van der Waals surface area contributed by atoms with E-state index in [4.69, 9.17) is 0 Å². The molecule has 104 valence electrons. The Hall–Kier alpha value is -1.84. The molecule has 0 aromatic heterocycles. The summed E-state index contributed by atoms with van der Waals surface area (Å²) in [6.07, 6.45) is 0.588. The van der Waals surface area contributed by atoms with Gasteiger partial charge in [-0.3, -0.25) is 4.79 Å². The highest BCUT2D eigenvalue weighted by Crippen LogP contribution is 2.29. The summed E-state index contributed by atoms with van der Waals surface area (Å²) in [6, 6.07) is 7.41. The van der Waals surface area contributed by atoms with Gasteiger partial charge in [-0.25, -0.2) is 4.79 Å². The van der Waals surface area contributed by atoms with Crippen LogP contribution in [0.3, 0.4) is 0 Å². The molecule has 1 aromatic rings. The number of likely N-dealkylation sites (N-methyl/N-ethyl adjacent to an activating group) is 1. The molecule has 0 aliphatic heterocycles. The highest BCUT2D eigenvalue weighted by Gasteiger charge is 2.40. The van der Waals surface area contributed by atoms with Crippen molar-refractivity contribution in [2.75, 3.05) is 6.54 Å². The Kier molecular flexibility index (Phi) is 4.70. The summed E-state index contributed by atoms with van der Waals surface area (Å²) in [5.41, 5.74) is 0.426. The molecule has 0 bridgehead atoms. The fourth-order valence-corrected chi connectivity index (χ4v) is 2.10. The number of amides is 1. The van der Waals surface area contributed by atoms with Crippen LogP contribution in [0.15, 0.2) is 24.3 Å². The van der Waals surface area contributed by atoms with E-state index in [0.29, 0.717) is 24.4 Å².